The van der Waals surface area contributed by atoms with Gasteiger partial charge < -0.3 is 15.0 Å². The van der Waals surface area contributed by atoms with E-state index >= 15 is 0 Å². The van der Waals surface area contributed by atoms with Crippen LogP contribution in [0.25, 0.3) is 10.9 Å². The Morgan fingerprint density at radius 1 is 1.31 bits per heavy atom. The third-order valence-electron chi connectivity index (χ3n) is 5.08. The summed E-state index contributed by atoms with van der Waals surface area (Å²) in [5.74, 6) is -0.0667. The van der Waals surface area contributed by atoms with E-state index in [1.54, 1.807) is 6.07 Å². The van der Waals surface area contributed by atoms with E-state index in [-0.39, 0.29) is 29.7 Å². The van der Waals surface area contributed by atoms with Crippen LogP contribution >= 0.6 is 0 Å². The van der Waals surface area contributed by atoms with E-state index in [9.17, 15) is 18.0 Å². The Bertz CT molecular complexity index is 981. The molecule has 1 amide bonds. The van der Waals surface area contributed by atoms with Crippen molar-refractivity contribution in [3.05, 3.63) is 59.9 Å². The van der Waals surface area contributed by atoms with Crippen molar-refractivity contribution < 1.29 is 22.7 Å². The van der Waals surface area contributed by atoms with Crippen molar-refractivity contribution in [1.29, 1.82) is 0 Å². The maximum absolute atomic E-state index is 12.6. The van der Waals surface area contributed by atoms with Gasteiger partial charge in [0.1, 0.15) is 0 Å². The standard InChI is InChI=1S/C21H20F3N3O2/c1-12(14-6-7-19(25-10-14)29-11-21(22,23)24)26-20(28)16-9-15(16)18-8-13-4-2-3-5-17(13)27-18/h2-8,10,12,15-16,27H,9,11H2,1H3,(H,26,28)/t12?,15-,16-/m1/s1. The molecule has 1 saturated carbocycles. The number of aromatic amines is 1. The van der Waals surface area contributed by atoms with Gasteiger partial charge in [0.25, 0.3) is 0 Å². The number of aromatic nitrogens is 2. The molecule has 2 heterocycles. The number of nitrogens with zero attached hydrogens (tertiary/aromatic N) is 1. The van der Waals surface area contributed by atoms with Crippen molar-refractivity contribution in [2.45, 2.75) is 31.5 Å². The maximum atomic E-state index is 12.6. The van der Waals surface area contributed by atoms with E-state index in [0.29, 0.717) is 5.56 Å². The molecule has 8 heteroatoms. The Hall–Kier alpha value is -3.03. The number of H-pyrrole nitrogens is 1. The summed E-state index contributed by atoms with van der Waals surface area (Å²) >= 11 is 0. The molecule has 0 spiro atoms. The molecule has 0 aliphatic heterocycles. The van der Waals surface area contributed by atoms with Gasteiger partial charge in [-0.1, -0.05) is 24.3 Å². The molecule has 1 aromatic carbocycles. The van der Waals surface area contributed by atoms with Gasteiger partial charge in [0.15, 0.2) is 6.61 Å². The summed E-state index contributed by atoms with van der Waals surface area (Å²) < 4.78 is 41.2. The van der Waals surface area contributed by atoms with E-state index in [2.05, 4.69) is 26.1 Å². The van der Waals surface area contributed by atoms with E-state index in [4.69, 9.17) is 0 Å². The Balaban J connectivity index is 1.33. The highest BCUT2D eigenvalue weighted by molar-refractivity contribution is 5.85. The molecule has 3 aromatic rings. The molecule has 2 aromatic heterocycles. The summed E-state index contributed by atoms with van der Waals surface area (Å²) in [6.07, 6.45) is -2.21. The second-order valence-corrected chi connectivity index (χ2v) is 7.32. The molecular weight excluding hydrogens is 383 g/mol. The first-order valence-electron chi connectivity index (χ1n) is 9.34. The van der Waals surface area contributed by atoms with Crippen molar-refractivity contribution in [2.75, 3.05) is 6.61 Å². The van der Waals surface area contributed by atoms with E-state index < -0.39 is 12.8 Å². The topological polar surface area (TPSA) is 67.0 Å². The van der Waals surface area contributed by atoms with E-state index in [1.165, 1.54) is 12.3 Å². The molecule has 0 saturated heterocycles. The average molecular weight is 403 g/mol. The van der Waals surface area contributed by atoms with Gasteiger partial charge in [-0.25, -0.2) is 4.98 Å². The van der Waals surface area contributed by atoms with Gasteiger partial charge in [-0.2, -0.15) is 13.2 Å². The fraction of sp³-hybridized carbons (Fsp3) is 0.333. The fourth-order valence-corrected chi connectivity index (χ4v) is 3.42. The molecule has 1 aliphatic carbocycles. The number of halogens is 3. The Morgan fingerprint density at radius 2 is 2.10 bits per heavy atom. The number of para-hydroxylation sites is 1. The average Bonchev–Trinajstić information content (AvgIpc) is 3.38. The van der Waals surface area contributed by atoms with Crippen LogP contribution in [0, 0.1) is 5.92 Å². The quantitative estimate of drug-likeness (QED) is 0.638. The molecule has 1 unspecified atom stereocenters. The predicted molar refractivity (Wildman–Crippen MR) is 101 cm³/mol. The Labute approximate surface area is 165 Å². The monoisotopic (exact) mass is 403 g/mol. The van der Waals surface area contributed by atoms with Crippen molar-refractivity contribution in [2.24, 2.45) is 5.92 Å². The summed E-state index contributed by atoms with van der Waals surface area (Å²) in [7, 11) is 0. The minimum absolute atomic E-state index is 0.0430. The number of hydrogen-bond donors (Lipinski definition) is 2. The van der Waals surface area contributed by atoms with Gasteiger partial charge in [0.2, 0.25) is 11.8 Å². The molecule has 1 fully saturated rings. The zero-order valence-corrected chi connectivity index (χ0v) is 15.7. The number of alkyl halides is 3. The van der Waals surface area contributed by atoms with Crippen LogP contribution in [0.4, 0.5) is 13.2 Å². The van der Waals surface area contributed by atoms with Gasteiger partial charge in [0, 0.05) is 35.3 Å². The van der Waals surface area contributed by atoms with Crippen LogP contribution in [0.5, 0.6) is 5.88 Å². The first-order chi connectivity index (χ1) is 13.8. The number of fused-ring (bicyclic) bond motifs is 1. The number of ether oxygens (including phenoxy) is 1. The molecule has 152 valence electrons. The molecule has 4 rings (SSSR count). The van der Waals surface area contributed by atoms with Gasteiger partial charge in [-0.15, -0.1) is 0 Å². The van der Waals surface area contributed by atoms with E-state index in [0.717, 1.165) is 23.0 Å². The fourth-order valence-electron chi connectivity index (χ4n) is 3.42. The van der Waals surface area contributed by atoms with E-state index in [1.807, 2.05) is 31.2 Å². The highest BCUT2D eigenvalue weighted by Gasteiger charge is 2.45. The van der Waals surface area contributed by atoms with Crippen LogP contribution in [-0.4, -0.2) is 28.7 Å². The lowest BCUT2D eigenvalue weighted by Gasteiger charge is -2.15. The van der Waals surface area contributed by atoms with Gasteiger partial charge in [-0.3, -0.25) is 4.79 Å². The van der Waals surface area contributed by atoms with Crippen LogP contribution < -0.4 is 10.1 Å². The highest BCUT2D eigenvalue weighted by atomic mass is 19.4. The third-order valence-corrected chi connectivity index (χ3v) is 5.08. The molecule has 3 atom stereocenters. The third kappa shape index (κ3) is 4.52. The highest BCUT2D eigenvalue weighted by Crippen LogP contribution is 2.48. The number of hydrogen-bond acceptors (Lipinski definition) is 3. The lowest BCUT2D eigenvalue weighted by molar-refractivity contribution is -0.154. The Kier molecular flexibility index (Phi) is 4.94. The normalized spacial score (nSPS) is 19.7. The molecule has 5 nitrogen and oxygen atoms in total. The van der Waals surface area contributed by atoms with Crippen molar-refractivity contribution in [3.8, 4) is 5.88 Å². The molecule has 2 N–H and O–H groups in total. The van der Waals surface area contributed by atoms with Crippen LogP contribution in [0.15, 0.2) is 48.7 Å². The predicted octanol–water partition coefficient (Wildman–Crippen LogP) is 4.48. The second-order valence-electron chi connectivity index (χ2n) is 7.32. The Morgan fingerprint density at radius 3 is 2.79 bits per heavy atom. The smallest absolute Gasteiger partial charge is 0.422 e. The minimum atomic E-state index is -4.41. The summed E-state index contributed by atoms with van der Waals surface area (Å²) in [4.78, 5) is 19.8. The number of nitrogens with one attached hydrogen (secondary N) is 2. The number of amides is 1. The SMILES string of the molecule is CC(NC(=O)[C@@H]1C[C@H]1c1cc2ccccc2[nH]1)c1ccc(OCC(F)(F)F)nc1. The molecule has 1 aliphatic rings. The molecule has 0 radical (unpaired) electrons. The number of carbonyl (C=O) groups is 1. The second kappa shape index (κ2) is 7.42. The van der Waals surface area contributed by atoms with Crippen molar-refractivity contribution in [3.63, 3.8) is 0 Å². The summed E-state index contributed by atoms with van der Waals surface area (Å²) in [6, 6.07) is 12.7. The number of pyridine rings is 1. The number of rotatable bonds is 6. The van der Waals surface area contributed by atoms with Crippen molar-refractivity contribution in [1.82, 2.24) is 15.3 Å². The summed E-state index contributed by atoms with van der Waals surface area (Å²) in [5.41, 5.74) is 2.81. The van der Waals surface area contributed by atoms with Crippen molar-refractivity contribution >= 4 is 16.8 Å². The lowest BCUT2D eigenvalue weighted by atomic mass is 10.1. The molecule has 29 heavy (non-hydrogen) atoms. The first kappa shape index (κ1) is 19.3. The first-order valence-corrected chi connectivity index (χ1v) is 9.34. The molecular formula is C21H20F3N3O2. The lowest BCUT2D eigenvalue weighted by Crippen LogP contribution is -2.28. The summed E-state index contributed by atoms with van der Waals surface area (Å²) in [6.45, 7) is 0.425. The number of benzene rings is 1. The van der Waals surface area contributed by atoms with Gasteiger partial charge in [0.05, 0.1) is 6.04 Å². The zero-order valence-electron chi connectivity index (χ0n) is 15.7. The number of carbonyl (C=O) groups excluding carboxylic acids is 1. The largest absolute Gasteiger partial charge is 0.468 e. The van der Waals surface area contributed by atoms with Crippen LogP contribution in [0.2, 0.25) is 0 Å². The molecule has 0 bridgehead atoms. The van der Waals surface area contributed by atoms with Crippen LogP contribution in [0.3, 0.4) is 0 Å². The van der Waals surface area contributed by atoms with Gasteiger partial charge in [-0.05, 0) is 36.4 Å². The minimum Gasteiger partial charge on any atom is -0.468 e. The zero-order chi connectivity index (χ0) is 20.6. The summed E-state index contributed by atoms with van der Waals surface area (Å²) in [5, 5.41) is 4.08. The van der Waals surface area contributed by atoms with Crippen LogP contribution in [-0.2, 0) is 4.79 Å². The van der Waals surface area contributed by atoms with Crippen LogP contribution in [0.1, 0.15) is 36.6 Å². The maximum Gasteiger partial charge on any atom is 0.422 e. The van der Waals surface area contributed by atoms with Gasteiger partial charge >= 0.3 is 6.18 Å².